The summed E-state index contributed by atoms with van der Waals surface area (Å²) in [6, 6.07) is 8.04. The van der Waals surface area contributed by atoms with Crippen molar-refractivity contribution in [3.05, 3.63) is 47.5 Å². The van der Waals surface area contributed by atoms with Gasteiger partial charge < -0.3 is 4.74 Å². The van der Waals surface area contributed by atoms with Crippen molar-refractivity contribution in [1.29, 1.82) is 0 Å². The second-order valence-corrected chi connectivity index (χ2v) is 4.77. The van der Waals surface area contributed by atoms with E-state index in [9.17, 15) is 9.59 Å². The molecule has 19 heavy (non-hydrogen) atoms. The Hall–Kier alpha value is -1.90. The maximum Gasteiger partial charge on any atom is 0.303 e. The van der Waals surface area contributed by atoms with Crippen LogP contribution in [0.1, 0.15) is 30.9 Å². The van der Waals surface area contributed by atoms with Gasteiger partial charge in [0.25, 0.3) is 0 Å². The van der Waals surface area contributed by atoms with Gasteiger partial charge in [-0.1, -0.05) is 30.3 Å². The van der Waals surface area contributed by atoms with Crippen molar-refractivity contribution in [3.63, 3.8) is 0 Å². The highest BCUT2D eigenvalue weighted by molar-refractivity contribution is 5.95. The van der Waals surface area contributed by atoms with Crippen LogP contribution in [0.4, 0.5) is 0 Å². The van der Waals surface area contributed by atoms with Gasteiger partial charge in [-0.25, -0.2) is 0 Å². The van der Waals surface area contributed by atoms with E-state index in [0.717, 1.165) is 24.8 Å². The number of ketones is 1. The molecule has 1 atom stereocenters. The molecule has 3 heteroatoms. The number of rotatable bonds is 1. The minimum Gasteiger partial charge on any atom is -0.454 e. The topological polar surface area (TPSA) is 43.4 Å². The molecule has 0 aliphatic heterocycles. The summed E-state index contributed by atoms with van der Waals surface area (Å²) >= 11 is 0. The molecule has 0 amide bonds. The van der Waals surface area contributed by atoms with Crippen molar-refractivity contribution < 1.29 is 14.3 Å². The van der Waals surface area contributed by atoms with Crippen LogP contribution in [0.2, 0.25) is 0 Å². The molecule has 1 unspecified atom stereocenters. The van der Waals surface area contributed by atoms with Crippen LogP contribution in [0.3, 0.4) is 0 Å². The van der Waals surface area contributed by atoms with Crippen LogP contribution >= 0.6 is 0 Å². The molecule has 1 aliphatic carbocycles. The number of aryl methyl sites for hydroxylation is 1. The molecule has 0 aromatic heterocycles. The van der Waals surface area contributed by atoms with Gasteiger partial charge in [0.05, 0.1) is 0 Å². The van der Waals surface area contributed by atoms with Crippen LogP contribution in [-0.4, -0.2) is 17.9 Å². The second kappa shape index (κ2) is 6.32. The number of allylic oxidation sites excluding steroid dienone is 1. The van der Waals surface area contributed by atoms with E-state index in [-0.39, 0.29) is 5.78 Å². The molecular formula is C16H18O3. The summed E-state index contributed by atoms with van der Waals surface area (Å²) in [5.74, 6) is -0.548. The normalized spacial score (nSPS) is 21.3. The van der Waals surface area contributed by atoms with Crippen molar-refractivity contribution in [2.75, 3.05) is 0 Å². The maximum atomic E-state index is 12.0. The SMILES string of the molecule is CC(=O)OC1Cc2ccccc2CCC/C=C\C1=O. The molecule has 3 nitrogen and oxygen atoms in total. The van der Waals surface area contributed by atoms with E-state index in [0.29, 0.717) is 6.42 Å². The minimum atomic E-state index is -0.701. The van der Waals surface area contributed by atoms with E-state index in [4.69, 9.17) is 4.74 Å². The third-order valence-electron chi connectivity index (χ3n) is 3.25. The van der Waals surface area contributed by atoms with E-state index < -0.39 is 12.1 Å². The molecule has 0 heterocycles. The molecule has 0 saturated carbocycles. The van der Waals surface area contributed by atoms with E-state index in [1.54, 1.807) is 6.08 Å². The molecular weight excluding hydrogens is 240 g/mol. The zero-order valence-electron chi connectivity index (χ0n) is 11.1. The van der Waals surface area contributed by atoms with Gasteiger partial charge >= 0.3 is 5.97 Å². The summed E-state index contributed by atoms with van der Waals surface area (Å²) in [5.41, 5.74) is 2.33. The predicted molar refractivity (Wildman–Crippen MR) is 72.8 cm³/mol. The monoisotopic (exact) mass is 258 g/mol. The van der Waals surface area contributed by atoms with Crippen LogP contribution in [0, 0.1) is 0 Å². The van der Waals surface area contributed by atoms with Gasteiger partial charge in [-0.05, 0) is 36.5 Å². The van der Waals surface area contributed by atoms with Crippen molar-refractivity contribution in [2.24, 2.45) is 0 Å². The lowest BCUT2D eigenvalue weighted by molar-refractivity contribution is -0.151. The third-order valence-corrected chi connectivity index (χ3v) is 3.25. The first kappa shape index (κ1) is 13.5. The molecule has 1 aromatic carbocycles. The summed E-state index contributed by atoms with van der Waals surface area (Å²) in [6.07, 6.45) is 6.05. The highest BCUT2D eigenvalue weighted by atomic mass is 16.5. The van der Waals surface area contributed by atoms with Gasteiger partial charge in [0.2, 0.25) is 0 Å². The van der Waals surface area contributed by atoms with Crippen LogP contribution < -0.4 is 0 Å². The quantitative estimate of drug-likeness (QED) is 0.727. The highest BCUT2D eigenvalue weighted by Gasteiger charge is 2.21. The van der Waals surface area contributed by atoms with Gasteiger partial charge in [-0.15, -0.1) is 0 Å². The highest BCUT2D eigenvalue weighted by Crippen LogP contribution is 2.17. The maximum absolute atomic E-state index is 12.0. The predicted octanol–water partition coefficient (Wildman–Crippen LogP) is 2.62. The standard InChI is InChI=1S/C16H18O3/c1-12(17)19-16-11-14-9-6-5-8-13(14)7-3-2-4-10-15(16)18/h4-6,8-10,16H,2-3,7,11H2,1H3/b10-4-. The van der Waals surface area contributed by atoms with E-state index in [2.05, 4.69) is 6.07 Å². The first-order valence-electron chi connectivity index (χ1n) is 6.61. The summed E-state index contributed by atoms with van der Waals surface area (Å²) in [4.78, 5) is 23.1. The van der Waals surface area contributed by atoms with E-state index in [1.165, 1.54) is 12.5 Å². The average molecular weight is 258 g/mol. The summed E-state index contributed by atoms with van der Waals surface area (Å²) in [6.45, 7) is 1.34. The Labute approximate surface area is 113 Å². The second-order valence-electron chi connectivity index (χ2n) is 4.77. The molecule has 2 rings (SSSR count). The lowest BCUT2D eigenvalue weighted by atomic mass is 9.94. The van der Waals surface area contributed by atoms with Crippen LogP contribution in [0.5, 0.6) is 0 Å². The number of ether oxygens (including phenoxy) is 1. The molecule has 0 spiro atoms. The molecule has 0 saturated heterocycles. The fourth-order valence-electron chi connectivity index (χ4n) is 2.32. The van der Waals surface area contributed by atoms with Crippen molar-refractivity contribution in [1.82, 2.24) is 0 Å². The first-order chi connectivity index (χ1) is 9.16. The zero-order chi connectivity index (χ0) is 13.7. The molecule has 0 N–H and O–H groups in total. The fraction of sp³-hybridized carbons (Fsp3) is 0.375. The van der Waals surface area contributed by atoms with Crippen molar-refractivity contribution >= 4 is 11.8 Å². The lowest BCUT2D eigenvalue weighted by Gasteiger charge is -2.17. The van der Waals surface area contributed by atoms with Crippen molar-refractivity contribution in [3.8, 4) is 0 Å². The van der Waals surface area contributed by atoms with E-state index in [1.807, 2.05) is 24.3 Å². The molecule has 0 bridgehead atoms. The number of hydrogen-bond donors (Lipinski definition) is 0. The molecule has 0 fully saturated rings. The zero-order valence-corrected chi connectivity index (χ0v) is 11.1. The number of hydrogen-bond acceptors (Lipinski definition) is 3. The summed E-state index contributed by atoms with van der Waals surface area (Å²) in [7, 11) is 0. The van der Waals surface area contributed by atoms with E-state index >= 15 is 0 Å². The van der Waals surface area contributed by atoms with Crippen LogP contribution in [0.25, 0.3) is 0 Å². The first-order valence-corrected chi connectivity index (χ1v) is 6.61. The number of carbonyl (C=O) groups is 2. The Kier molecular flexibility index (Phi) is 4.50. The number of fused-ring (bicyclic) bond motifs is 1. The van der Waals surface area contributed by atoms with Crippen LogP contribution in [-0.2, 0) is 27.2 Å². The third kappa shape index (κ3) is 3.78. The van der Waals surface area contributed by atoms with Crippen molar-refractivity contribution in [2.45, 2.75) is 38.7 Å². The largest absolute Gasteiger partial charge is 0.454 e. The van der Waals surface area contributed by atoms with Gasteiger partial charge in [0, 0.05) is 13.3 Å². The van der Waals surface area contributed by atoms with Gasteiger partial charge in [0.1, 0.15) is 0 Å². The number of carbonyl (C=O) groups excluding carboxylic acids is 2. The Balaban J connectivity index is 2.28. The average Bonchev–Trinajstić information content (AvgIpc) is 2.38. The molecule has 100 valence electrons. The smallest absolute Gasteiger partial charge is 0.303 e. The molecule has 1 aliphatic rings. The Morgan fingerprint density at radius 1 is 1.26 bits per heavy atom. The Morgan fingerprint density at radius 2 is 2.00 bits per heavy atom. The molecule has 0 radical (unpaired) electrons. The van der Waals surface area contributed by atoms with Gasteiger partial charge in [0.15, 0.2) is 11.9 Å². The number of benzene rings is 1. The van der Waals surface area contributed by atoms with Gasteiger partial charge in [-0.2, -0.15) is 0 Å². The summed E-state index contributed by atoms with van der Waals surface area (Å²) in [5, 5.41) is 0. The minimum absolute atomic E-state index is 0.132. The number of esters is 1. The Bertz CT molecular complexity index is 502. The fourth-order valence-corrected chi connectivity index (χ4v) is 2.32. The summed E-state index contributed by atoms with van der Waals surface area (Å²) < 4.78 is 5.15. The van der Waals surface area contributed by atoms with Crippen LogP contribution in [0.15, 0.2) is 36.4 Å². The Morgan fingerprint density at radius 3 is 2.74 bits per heavy atom. The molecule has 1 aromatic rings. The lowest BCUT2D eigenvalue weighted by Crippen LogP contribution is -2.28. The van der Waals surface area contributed by atoms with Gasteiger partial charge in [-0.3, -0.25) is 9.59 Å².